The molecular formula is C14H22N2O3S. The Morgan fingerprint density at radius 1 is 1.35 bits per heavy atom. The fraction of sp³-hybridized carbons (Fsp3) is 0.571. The molecule has 1 aromatic rings. The van der Waals surface area contributed by atoms with E-state index < -0.39 is 16.1 Å². The number of rotatable bonds is 4. The van der Waals surface area contributed by atoms with Crippen molar-refractivity contribution in [3.8, 4) is 0 Å². The first-order valence-electron chi connectivity index (χ1n) is 6.94. The number of nitrogens with one attached hydrogen (secondary N) is 1. The van der Waals surface area contributed by atoms with Crippen LogP contribution in [0.4, 0.5) is 5.69 Å². The van der Waals surface area contributed by atoms with Crippen LogP contribution in [0.5, 0.6) is 0 Å². The second-order valence-electron chi connectivity index (χ2n) is 5.49. The molecule has 2 atom stereocenters. The number of sulfonamides is 1. The van der Waals surface area contributed by atoms with Crippen LogP contribution >= 0.6 is 0 Å². The molecule has 20 heavy (non-hydrogen) atoms. The molecule has 1 fully saturated rings. The van der Waals surface area contributed by atoms with Crippen molar-refractivity contribution in [1.82, 2.24) is 4.72 Å². The maximum absolute atomic E-state index is 12.3. The first kappa shape index (κ1) is 15.3. The molecule has 5 nitrogen and oxygen atoms in total. The summed E-state index contributed by atoms with van der Waals surface area (Å²) in [7, 11) is -3.58. The van der Waals surface area contributed by atoms with E-state index in [9.17, 15) is 13.5 Å². The maximum atomic E-state index is 12.3. The van der Waals surface area contributed by atoms with Gasteiger partial charge >= 0.3 is 0 Å². The predicted octanol–water partition coefficient (Wildman–Crippen LogP) is 1.41. The highest BCUT2D eigenvalue weighted by Gasteiger charge is 2.25. The summed E-state index contributed by atoms with van der Waals surface area (Å²) in [4.78, 5) is 0.211. The highest BCUT2D eigenvalue weighted by atomic mass is 32.2. The minimum Gasteiger partial charge on any atom is -0.399 e. The first-order chi connectivity index (χ1) is 9.40. The lowest BCUT2D eigenvalue weighted by Crippen LogP contribution is -2.36. The second kappa shape index (κ2) is 6.11. The van der Waals surface area contributed by atoms with Crippen molar-refractivity contribution in [2.75, 3.05) is 12.3 Å². The molecule has 0 amide bonds. The number of benzene rings is 1. The van der Waals surface area contributed by atoms with E-state index >= 15 is 0 Å². The Kier molecular flexibility index (Phi) is 4.67. The third-order valence-electron chi connectivity index (χ3n) is 3.91. The SMILES string of the molecule is Cc1ccc(N)cc1S(=O)(=O)NCC1CCCCC1O. The topological polar surface area (TPSA) is 92.4 Å². The molecule has 0 radical (unpaired) electrons. The molecule has 1 saturated carbocycles. The third kappa shape index (κ3) is 3.50. The van der Waals surface area contributed by atoms with Crippen molar-refractivity contribution in [2.45, 2.75) is 43.6 Å². The number of nitrogens with two attached hydrogens (primary N) is 1. The summed E-state index contributed by atoms with van der Waals surface area (Å²) in [5, 5.41) is 9.88. The van der Waals surface area contributed by atoms with E-state index in [4.69, 9.17) is 5.73 Å². The van der Waals surface area contributed by atoms with Crippen LogP contribution in [0, 0.1) is 12.8 Å². The Hall–Kier alpha value is -1.11. The van der Waals surface area contributed by atoms with Gasteiger partial charge in [0.15, 0.2) is 0 Å². The number of aliphatic hydroxyl groups is 1. The largest absolute Gasteiger partial charge is 0.399 e. The molecule has 0 aromatic heterocycles. The lowest BCUT2D eigenvalue weighted by molar-refractivity contribution is 0.0724. The van der Waals surface area contributed by atoms with Crippen molar-refractivity contribution >= 4 is 15.7 Å². The molecule has 0 spiro atoms. The fourth-order valence-electron chi connectivity index (χ4n) is 2.63. The van der Waals surface area contributed by atoms with Crippen molar-refractivity contribution in [3.05, 3.63) is 23.8 Å². The lowest BCUT2D eigenvalue weighted by atomic mass is 9.87. The molecule has 1 aliphatic carbocycles. The summed E-state index contributed by atoms with van der Waals surface area (Å²) >= 11 is 0. The molecule has 2 unspecified atom stereocenters. The van der Waals surface area contributed by atoms with E-state index in [1.165, 1.54) is 6.07 Å². The molecule has 1 aliphatic rings. The summed E-state index contributed by atoms with van der Waals surface area (Å²) in [5.74, 6) is -0.000102. The molecule has 0 heterocycles. The molecule has 0 bridgehead atoms. The van der Waals surface area contributed by atoms with Gasteiger partial charge in [0.2, 0.25) is 10.0 Å². The number of aryl methyl sites for hydroxylation is 1. The van der Waals surface area contributed by atoms with E-state index in [2.05, 4.69) is 4.72 Å². The zero-order valence-electron chi connectivity index (χ0n) is 11.7. The van der Waals surface area contributed by atoms with Gasteiger partial charge in [0.25, 0.3) is 0 Å². The van der Waals surface area contributed by atoms with Gasteiger partial charge in [0.1, 0.15) is 0 Å². The zero-order chi connectivity index (χ0) is 14.8. The number of nitrogen functional groups attached to an aromatic ring is 1. The van der Waals surface area contributed by atoms with Crippen molar-refractivity contribution in [2.24, 2.45) is 5.92 Å². The Bertz CT molecular complexity index is 572. The van der Waals surface area contributed by atoms with Gasteiger partial charge in [0, 0.05) is 12.2 Å². The first-order valence-corrected chi connectivity index (χ1v) is 8.42. The van der Waals surface area contributed by atoms with Crippen molar-refractivity contribution in [3.63, 3.8) is 0 Å². The zero-order valence-corrected chi connectivity index (χ0v) is 12.5. The Labute approximate surface area is 120 Å². The highest BCUT2D eigenvalue weighted by Crippen LogP contribution is 2.24. The van der Waals surface area contributed by atoms with Gasteiger partial charge in [-0.3, -0.25) is 0 Å². The van der Waals surface area contributed by atoms with Gasteiger partial charge < -0.3 is 10.8 Å². The van der Waals surface area contributed by atoms with Gasteiger partial charge in [-0.2, -0.15) is 0 Å². The van der Waals surface area contributed by atoms with Gasteiger partial charge in [0.05, 0.1) is 11.0 Å². The normalized spacial score (nSPS) is 23.7. The average Bonchev–Trinajstić information content (AvgIpc) is 2.40. The van der Waals surface area contributed by atoms with E-state index in [0.29, 0.717) is 11.3 Å². The monoisotopic (exact) mass is 298 g/mol. The summed E-state index contributed by atoms with van der Waals surface area (Å²) < 4.78 is 27.2. The Morgan fingerprint density at radius 2 is 2.05 bits per heavy atom. The van der Waals surface area contributed by atoms with E-state index in [0.717, 1.165) is 25.7 Å². The summed E-state index contributed by atoms with van der Waals surface area (Å²) in [6, 6.07) is 4.84. The van der Waals surface area contributed by atoms with Gasteiger partial charge in [-0.1, -0.05) is 18.9 Å². The minimum absolute atomic E-state index is 0.000102. The molecule has 4 N–H and O–H groups in total. The number of hydrogen-bond acceptors (Lipinski definition) is 4. The van der Waals surface area contributed by atoms with Crippen LogP contribution in [0.3, 0.4) is 0 Å². The number of aliphatic hydroxyl groups excluding tert-OH is 1. The van der Waals surface area contributed by atoms with Crippen LogP contribution in [0.2, 0.25) is 0 Å². The molecule has 0 aliphatic heterocycles. The summed E-state index contributed by atoms with van der Waals surface area (Å²) in [5.41, 5.74) is 6.74. The van der Waals surface area contributed by atoms with Crippen LogP contribution in [-0.4, -0.2) is 26.2 Å². The minimum atomic E-state index is -3.58. The molecule has 0 saturated heterocycles. The van der Waals surface area contributed by atoms with Gasteiger partial charge in [-0.05, 0) is 43.4 Å². The van der Waals surface area contributed by atoms with Gasteiger partial charge in [-0.25, -0.2) is 13.1 Å². The number of hydrogen-bond donors (Lipinski definition) is 3. The van der Waals surface area contributed by atoms with Crippen molar-refractivity contribution in [1.29, 1.82) is 0 Å². The van der Waals surface area contributed by atoms with E-state index in [-0.39, 0.29) is 17.4 Å². The summed E-state index contributed by atoms with van der Waals surface area (Å²) in [6.45, 7) is 2.02. The number of anilines is 1. The standard InChI is InChI=1S/C14H22N2O3S/c1-10-6-7-12(15)8-14(10)20(18,19)16-9-11-4-2-3-5-13(11)17/h6-8,11,13,16-17H,2-5,9,15H2,1H3. The molecule has 6 heteroatoms. The van der Waals surface area contributed by atoms with Crippen LogP contribution < -0.4 is 10.5 Å². The van der Waals surface area contributed by atoms with Crippen LogP contribution in [0.15, 0.2) is 23.1 Å². The second-order valence-corrected chi connectivity index (χ2v) is 7.22. The Balaban J connectivity index is 2.09. The highest BCUT2D eigenvalue weighted by molar-refractivity contribution is 7.89. The lowest BCUT2D eigenvalue weighted by Gasteiger charge is -2.27. The summed E-state index contributed by atoms with van der Waals surface area (Å²) in [6.07, 6.45) is 3.26. The van der Waals surface area contributed by atoms with Crippen molar-refractivity contribution < 1.29 is 13.5 Å². The molecule has 2 rings (SSSR count). The third-order valence-corrected chi connectivity index (χ3v) is 5.47. The smallest absolute Gasteiger partial charge is 0.240 e. The molecule has 112 valence electrons. The van der Waals surface area contributed by atoms with Gasteiger partial charge in [-0.15, -0.1) is 0 Å². The quantitative estimate of drug-likeness (QED) is 0.733. The average molecular weight is 298 g/mol. The molecule has 1 aromatic carbocycles. The van der Waals surface area contributed by atoms with Crippen LogP contribution in [0.25, 0.3) is 0 Å². The predicted molar refractivity (Wildman–Crippen MR) is 78.7 cm³/mol. The maximum Gasteiger partial charge on any atom is 0.240 e. The van der Waals surface area contributed by atoms with E-state index in [1.54, 1.807) is 19.1 Å². The molecular weight excluding hydrogens is 276 g/mol. The Morgan fingerprint density at radius 3 is 2.75 bits per heavy atom. The fourth-order valence-corrected chi connectivity index (χ4v) is 4.00. The van der Waals surface area contributed by atoms with Crippen LogP contribution in [-0.2, 0) is 10.0 Å². The van der Waals surface area contributed by atoms with Crippen LogP contribution in [0.1, 0.15) is 31.2 Å². The van der Waals surface area contributed by atoms with E-state index in [1.807, 2.05) is 0 Å².